The first-order valence-electron chi connectivity index (χ1n) is 7.12. The fourth-order valence-electron chi connectivity index (χ4n) is 2.41. The van der Waals surface area contributed by atoms with E-state index in [-0.39, 0.29) is 0 Å². The van der Waals surface area contributed by atoms with Gasteiger partial charge in [0.2, 0.25) is 0 Å². The van der Waals surface area contributed by atoms with Crippen LogP contribution >= 0.6 is 0 Å². The number of aromatic nitrogens is 5. The van der Waals surface area contributed by atoms with E-state index in [2.05, 4.69) is 20.4 Å². The molecule has 0 spiro atoms. The molecule has 112 valence electrons. The Morgan fingerprint density at radius 2 is 1.59 bits per heavy atom. The van der Waals surface area contributed by atoms with Crippen molar-refractivity contribution in [2.24, 2.45) is 5.10 Å². The summed E-state index contributed by atoms with van der Waals surface area (Å²) in [6.07, 6.45) is 1.82. The maximum atomic E-state index is 4.61. The van der Waals surface area contributed by atoms with Crippen molar-refractivity contribution in [1.82, 2.24) is 24.7 Å². The lowest BCUT2D eigenvalue weighted by atomic mass is 10.2. The van der Waals surface area contributed by atoms with Crippen LogP contribution < -0.4 is 0 Å². The molecule has 2 heterocycles. The van der Waals surface area contributed by atoms with Gasteiger partial charge in [-0.2, -0.15) is 10.2 Å². The van der Waals surface area contributed by atoms with Crippen LogP contribution in [0.15, 0.2) is 35.4 Å². The topological polar surface area (TPSA) is 60.9 Å². The summed E-state index contributed by atoms with van der Waals surface area (Å²) in [5, 5.41) is 17.1. The maximum Gasteiger partial charge on any atom is 0.151 e. The van der Waals surface area contributed by atoms with Gasteiger partial charge >= 0.3 is 0 Å². The summed E-state index contributed by atoms with van der Waals surface area (Å²) in [4.78, 5) is 0. The van der Waals surface area contributed by atoms with Gasteiger partial charge in [-0.1, -0.05) is 18.2 Å². The quantitative estimate of drug-likeness (QED) is 0.698. The van der Waals surface area contributed by atoms with Crippen molar-refractivity contribution in [3.63, 3.8) is 0 Å². The van der Waals surface area contributed by atoms with E-state index in [1.54, 1.807) is 4.68 Å². The highest BCUT2D eigenvalue weighted by Crippen LogP contribution is 2.16. The summed E-state index contributed by atoms with van der Waals surface area (Å²) < 4.78 is 3.65. The lowest BCUT2D eigenvalue weighted by Crippen LogP contribution is -2.00. The number of rotatable bonds is 3. The van der Waals surface area contributed by atoms with Gasteiger partial charge in [-0.05, 0) is 39.8 Å². The Kier molecular flexibility index (Phi) is 3.58. The zero-order valence-electron chi connectivity index (χ0n) is 13.1. The van der Waals surface area contributed by atoms with Crippen molar-refractivity contribution in [3.8, 4) is 5.69 Å². The highest BCUT2D eigenvalue weighted by Gasteiger charge is 2.11. The Bertz CT molecular complexity index is 806. The smallest absolute Gasteiger partial charge is 0.151 e. The molecule has 0 N–H and O–H groups in total. The van der Waals surface area contributed by atoms with Crippen molar-refractivity contribution in [2.75, 3.05) is 0 Å². The lowest BCUT2D eigenvalue weighted by molar-refractivity contribution is 0.798. The number of para-hydroxylation sites is 1. The van der Waals surface area contributed by atoms with E-state index in [4.69, 9.17) is 0 Å². The van der Waals surface area contributed by atoms with E-state index in [9.17, 15) is 0 Å². The second-order valence-corrected chi connectivity index (χ2v) is 5.18. The Morgan fingerprint density at radius 3 is 2.23 bits per heavy atom. The summed E-state index contributed by atoms with van der Waals surface area (Å²) in [5.74, 6) is 1.53. The molecule has 6 heteroatoms. The van der Waals surface area contributed by atoms with E-state index in [1.807, 2.05) is 68.9 Å². The molecule has 0 radical (unpaired) electrons. The van der Waals surface area contributed by atoms with Gasteiger partial charge in [0.15, 0.2) is 11.6 Å². The second-order valence-electron chi connectivity index (χ2n) is 5.18. The Morgan fingerprint density at radius 1 is 0.955 bits per heavy atom. The summed E-state index contributed by atoms with van der Waals surface area (Å²) in [5.41, 5.74) is 4.04. The molecule has 22 heavy (non-hydrogen) atoms. The average Bonchev–Trinajstić information content (AvgIpc) is 2.99. The lowest BCUT2D eigenvalue weighted by Gasteiger charge is -2.03. The Hall–Kier alpha value is -2.76. The van der Waals surface area contributed by atoms with Gasteiger partial charge < -0.3 is 0 Å². The fourth-order valence-corrected chi connectivity index (χ4v) is 2.41. The summed E-state index contributed by atoms with van der Waals surface area (Å²) in [6.45, 7) is 7.79. The first-order chi connectivity index (χ1) is 10.6. The average molecular weight is 294 g/mol. The number of nitrogens with zero attached hydrogens (tertiary/aromatic N) is 6. The van der Waals surface area contributed by atoms with Crippen LogP contribution in [0.4, 0.5) is 0 Å². The first kappa shape index (κ1) is 14.2. The Balaban J connectivity index is 2.01. The van der Waals surface area contributed by atoms with E-state index in [0.717, 1.165) is 34.3 Å². The van der Waals surface area contributed by atoms with Crippen LogP contribution in [0.2, 0.25) is 0 Å². The van der Waals surface area contributed by atoms with Crippen LogP contribution in [0.1, 0.15) is 28.6 Å². The summed E-state index contributed by atoms with van der Waals surface area (Å²) in [6, 6.07) is 10.1. The van der Waals surface area contributed by atoms with E-state index >= 15 is 0 Å². The van der Waals surface area contributed by atoms with Gasteiger partial charge in [0.05, 0.1) is 23.3 Å². The fraction of sp³-hybridized carbons (Fsp3) is 0.250. The number of aryl methyl sites for hydroxylation is 3. The molecule has 0 saturated heterocycles. The van der Waals surface area contributed by atoms with Gasteiger partial charge in [0, 0.05) is 5.56 Å². The predicted molar refractivity (Wildman–Crippen MR) is 85.5 cm³/mol. The molecule has 0 saturated carbocycles. The van der Waals surface area contributed by atoms with Crippen molar-refractivity contribution < 1.29 is 0 Å². The van der Waals surface area contributed by atoms with Gasteiger partial charge in [-0.15, -0.1) is 10.2 Å². The normalized spacial score (nSPS) is 11.5. The highest BCUT2D eigenvalue weighted by atomic mass is 15.4. The number of hydrogen-bond acceptors (Lipinski definition) is 4. The van der Waals surface area contributed by atoms with Gasteiger partial charge in [0.1, 0.15) is 0 Å². The third-order valence-corrected chi connectivity index (χ3v) is 3.60. The largest absolute Gasteiger partial charge is 0.237 e. The van der Waals surface area contributed by atoms with Gasteiger partial charge in [0.25, 0.3) is 0 Å². The second kappa shape index (κ2) is 5.55. The SMILES string of the molecule is Cc1nn(-c2ccccc2)c(C)c1/C=N\n1c(C)nnc1C. The summed E-state index contributed by atoms with van der Waals surface area (Å²) >= 11 is 0. The summed E-state index contributed by atoms with van der Waals surface area (Å²) in [7, 11) is 0. The molecule has 0 aliphatic carbocycles. The van der Waals surface area contributed by atoms with Crippen LogP contribution in [0.3, 0.4) is 0 Å². The molecule has 0 aliphatic heterocycles. The van der Waals surface area contributed by atoms with Crippen LogP contribution in [0, 0.1) is 27.7 Å². The molecule has 0 amide bonds. The van der Waals surface area contributed by atoms with E-state index in [1.165, 1.54) is 0 Å². The van der Waals surface area contributed by atoms with Gasteiger partial charge in [-0.25, -0.2) is 9.36 Å². The number of hydrogen-bond donors (Lipinski definition) is 0. The van der Waals surface area contributed by atoms with Crippen molar-refractivity contribution >= 4 is 6.21 Å². The molecule has 0 bridgehead atoms. The molecule has 3 aromatic rings. The minimum atomic E-state index is 0.763. The molecule has 0 aliphatic rings. The first-order valence-corrected chi connectivity index (χ1v) is 7.12. The monoisotopic (exact) mass is 294 g/mol. The highest BCUT2D eigenvalue weighted by molar-refractivity contribution is 5.82. The molecule has 6 nitrogen and oxygen atoms in total. The standard InChI is InChI=1S/C16H18N6/c1-11-16(10-17-22-13(3)18-19-14(22)4)12(2)21(20-11)15-8-6-5-7-9-15/h5-10H,1-4H3/b17-10-. The Labute approximate surface area is 129 Å². The van der Waals surface area contributed by atoms with Gasteiger partial charge in [-0.3, -0.25) is 0 Å². The van der Waals surface area contributed by atoms with Crippen molar-refractivity contribution in [3.05, 3.63) is 58.9 Å². The zero-order chi connectivity index (χ0) is 15.7. The van der Waals surface area contributed by atoms with Crippen molar-refractivity contribution in [1.29, 1.82) is 0 Å². The van der Waals surface area contributed by atoms with Crippen LogP contribution in [-0.4, -0.2) is 30.9 Å². The van der Waals surface area contributed by atoms with E-state index in [0.29, 0.717) is 0 Å². The molecule has 1 aromatic carbocycles. The maximum absolute atomic E-state index is 4.61. The molecule has 0 atom stereocenters. The number of benzene rings is 1. The molecule has 3 rings (SSSR count). The van der Waals surface area contributed by atoms with Crippen LogP contribution in [0.5, 0.6) is 0 Å². The minimum absolute atomic E-state index is 0.763. The van der Waals surface area contributed by atoms with Crippen molar-refractivity contribution in [2.45, 2.75) is 27.7 Å². The predicted octanol–water partition coefficient (Wildman–Crippen LogP) is 2.58. The zero-order valence-corrected chi connectivity index (χ0v) is 13.1. The molecular weight excluding hydrogens is 276 g/mol. The molecule has 2 aromatic heterocycles. The third-order valence-electron chi connectivity index (χ3n) is 3.60. The van der Waals surface area contributed by atoms with E-state index < -0.39 is 0 Å². The third kappa shape index (κ3) is 2.43. The molecule has 0 fully saturated rings. The van der Waals surface area contributed by atoms with Crippen LogP contribution in [-0.2, 0) is 0 Å². The minimum Gasteiger partial charge on any atom is -0.237 e. The molecular formula is C16H18N6. The molecule has 0 unspecified atom stereocenters. The van der Waals surface area contributed by atoms with Crippen LogP contribution in [0.25, 0.3) is 5.69 Å².